The zero-order valence-electron chi connectivity index (χ0n) is 16.9. The van der Waals surface area contributed by atoms with Gasteiger partial charge < -0.3 is 10.1 Å². The average Bonchev–Trinajstić information content (AvgIpc) is 3.21. The number of hydrogen-bond acceptors (Lipinski definition) is 5. The smallest absolute Gasteiger partial charge is 0.259 e. The van der Waals surface area contributed by atoms with Gasteiger partial charge in [-0.05, 0) is 41.8 Å². The van der Waals surface area contributed by atoms with Crippen LogP contribution in [0.25, 0.3) is 11.3 Å². The Morgan fingerprint density at radius 2 is 2.00 bits per heavy atom. The van der Waals surface area contributed by atoms with Crippen LogP contribution < -0.4 is 15.4 Å². The van der Waals surface area contributed by atoms with Gasteiger partial charge in [-0.15, -0.1) is 0 Å². The SMILES string of the molecule is COc1ccc(C(=O)NC(=NCC(C)C)Nc2cc(-c3ccc(F)cc3)[nH]n2)cn1. The molecular weight excluding hydrogens is 387 g/mol. The van der Waals surface area contributed by atoms with E-state index in [9.17, 15) is 9.18 Å². The standard InChI is InChI=1S/C21H23FN6O2/c1-13(2)11-24-21(26-20(29)15-6-9-19(30-3)23-12-15)25-18-10-17(27-28-18)14-4-7-16(22)8-5-14/h4-10,12-13H,11H2,1-3H3,(H3,24,25,26,27,28,29). The molecule has 0 aliphatic rings. The summed E-state index contributed by atoms with van der Waals surface area (Å²) in [4.78, 5) is 21.0. The Labute approximate surface area is 173 Å². The minimum Gasteiger partial charge on any atom is -0.481 e. The first-order chi connectivity index (χ1) is 14.4. The molecule has 1 amide bonds. The highest BCUT2D eigenvalue weighted by Gasteiger charge is 2.12. The Morgan fingerprint density at radius 1 is 1.23 bits per heavy atom. The fourth-order valence-electron chi connectivity index (χ4n) is 2.48. The first-order valence-electron chi connectivity index (χ1n) is 9.39. The van der Waals surface area contributed by atoms with Gasteiger partial charge in [0.15, 0.2) is 5.82 Å². The zero-order chi connectivity index (χ0) is 21.5. The third-order valence-corrected chi connectivity index (χ3v) is 4.03. The van der Waals surface area contributed by atoms with Crippen molar-refractivity contribution in [3.63, 3.8) is 0 Å². The van der Waals surface area contributed by atoms with Crippen LogP contribution in [0.4, 0.5) is 10.2 Å². The molecule has 3 N–H and O–H groups in total. The fraction of sp³-hybridized carbons (Fsp3) is 0.238. The number of rotatable bonds is 6. The van der Waals surface area contributed by atoms with E-state index >= 15 is 0 Å². The van der Waals surface area contributed by atoms with E-state index in [-0.39, 0.29) is 17.7 Å². The Kier molecular flexibility index (Phi) is 6.74. The van der Waals surface area contributed by atoms with Crippen LogP contribution in [0.15, 0.2) is 53.7 Å². The van der Waals surface area contributed by atoms with Crippen LogP contribution in [-0.2, 0) is 0 Å². The highest BCUT2D eigenvalue weighted by atomic mass is 19.1. The molecule has 0 fully saturated rings. The highest BCUT2D eigenvalue weighted by Crippen LogP contribution is 2.20. The molecule has 8 nitrogen and oxygen atoms in total. The molecule has 0 aliphatic carbocycles. The number of hydrogen-bond donors (Lipinski definition) is 3. The lowest BCUT2D eigenvalue weighted by Crippen LogP contribution is -2.36. The minimum atomic E-state index is -0.366. The molecule has 0 bridgehead atoms. The van der Waals surface area contributed by atoms with Gasteiger partial charge in [0.05, 0.1) is 18.4 Å². The molecule has 0 aliphatic heterocycles. The Hall–Kier alpha value is -3.75. The predicted octanol–water partition coefficient (Wildman–Crippen LogP) is 3.47. The topological polar surface area (TPSA) is 104 Å². The quantitative estimate of drug-likeness (QED) is 0.426. The summed E-state index contributed by atoms with van der Waals surface area (Å²) in [6.07, 6.45) is 1.43. The molecular formula is C21H23FN6O2. The van der Waals surface area contributed by atoms with Gasteiger partial charge in [0.2, 0.25) is 11.8 Å². The van der Waals surface area contributed by atoms with Crippen LogP contribution in [0.1, 0.15) is 24.2 Å². The van der Waals surface area contributed by atoms with Crippen LogP contribution >= 0.6 is 0 Å². The number of guanidine groups is 1. The van der Waals surface area contributed by atoms with Crippen molar-refractivity contribution in [2.75, 3.05) is 19.0 Å². The number of nitrogens with zero attached hydrogens (tertiary/aromatic N) is 3. The molecule has 0 saturated heterocycles. The van der Waals surface area contributed by atoms with E-state index in [0.717, 1.165) is 5.56 Å². The normalized spacial score (nSPS) is 11.4. The van der Waals surface area contributed by atoms with Crippen molar-refractivity contribution in [3.05, 3.63) is 60.0 Å². The van der Waals surface area contributed by atoms with Crippen molar-refractivity contribution in [3.8, 4) is 17.1 Å². The van der Waals surface area contributed by atoms with Crippen LogP contribution in [0, 0.1) is 11.7 Å². The number of anilines is 1. The van der Waals surface area contributed by atoms with Crippen molar-refractivity contribution in [2.24, 2.45) is 10.9 Å². The first-order valence-corrected chi connectivity index (χ1v) is 9.39. The van der Waals surface area contributed by atoms with E-state index in [1.54, 1.807) is 30.3 Å². The summed E-state index contributed by atoms with van der Waals surface area (Å²) < 4.78 is 18.1. The molecule has 3 aromatic rings. The monoisotopic (exact) mass is 410 g/mol. The Morgan fingerprint density at radius 3 is 2.63 bits per heavy atom. The molecule has 9 heteroatoms. The molecule has 156 valence electrons. The van der Waals surface area contributed by atoms with Gasteiger partial charge in [0.25, 0.3) is 5.91 Å². The maximum Gasteiger partial charge on any atom is 0.259 e. The molecule has 0 radical (unpaired) electrons. The summed E-state index contributed by atoms with van der Waals surface area (Å²) in [6, 6.07) is 11.0. The van der Waals surface area contributed by atoms with Crippen molar-refractivity contribution >= 4 is 17.7 Å². The number of halogens is 1. The summed E-state index contributed by atoms with van der Waals surface area (Å²) >= 11 is 0. The van der Waals surface area contributed by atoms with Gasteiger partial charge in [-0.2, -0.15) is 5.10 Å². The lowest BCUT2D eigenvalue weighted by atomic mass is 10.1. The summed E-state index contributed by atoms with van der Waals surface area (Å²) in [5.74, 6) is 0.773. The largest absolute Gasteiger partial charge is 0.481 e. The maximum atomic E-state index is 13.1. The van der Waals surface area contributed by atoms with E-state index in [4.69, 9.17) is 4.74 Å². The number of benzene rings is 1. The number of aromatic amines is 1. The molecule has 0 saturated carbocycles. The van der Waals surface area contributed by atoms with Crippen molar-refractivity contribution < 1.29 is 13.9 Å². The van der Waals surface area contributed by atoms with Gasteiger partial charge in [0.1, 0.15) is 5.82 Å². The number of amides is 1. The van der Waals surface area contributed by atoms with Gasteiger partial charge in [0, 0.05) is 24.9 Å². The molecule has 0 atom stereocenters. The molecule has 30 heavy (non-hydrogen) atoms. The second-order valence-electron chi connectivity index (χ2n) is 6.93. The number of nitrogens with one attached hydrogen (secondary N) is 3. The molecule has 0 spiro atoms. The number of H-pyrrole nitrogens is 1. The third-order valence-electron chi connectivity index (χ3n) is 4.03. The highest BCUT2D eigenvalue weighted by molar-refractivity contribution is 6.09. The summed E-state index contributed by atoms with van der Waals surface area (Å²) in [5, 5.41) is 12.8. The second kappa shape index (κ2) is 9.64. The maximum absolute atomic E-state index is 13.1. The minimum absolute atomic E-state index is 0.265. The molecule has 2 heterocycles. The fourth-order valence-corrected chi connectivity index (χ4v) is 2.48. The van der Waals surface area contributed by atoms with E-state index in [2.05, 4.69) is 30.8 Å². The molecule has 0 unspecified atom stereocenters. The lowest BCUT2D eigenvalue weighted by Gasteiger charge is -2.11. The number of aliphatic imine (C=N–C) groups is 1. The van der Waals surface area contributed by atoms with Gasteiger partial charge in [-0.3, -0.25) is 20.2 Å². The Bertz CT molecular complexity index is 1010. The van der Waals surface area contributed by atoms with Crippen molar-refractivity contribution in [2.45, 2.75) is 13.8 Å². The molecule has 2 aromatic heterocycles. The molecule has 3 rings (SSSR count). The number of pyridine rings is 1. The number of methoxy groups -OCH3 is 1. The van der Waals surface area contributed by atoms with Gasteiger partial charge in [-0.25, -0.2) is 9.37 Å². The summed E-state index contributed by atoms with van der Waals surface area (Å²) in [7, 11) is 1.51. The summed E-state index contributed by atoms with van der Waals surface area (Å²) in [5.41, 5.74) is 1.85. The van der Waals surface area contributed by atoms with Crippen LogP contribution in [0.2, 0.25) is 0 Å². The van der Waals surface area contributed by atoms with E-state index in [1.165, 1.54) is 25.4 Å². The third kappa shape index (κ3) is 5.63. The van der Waals surface area contributed by atoms with E-state index < -0.39 is 0 Å². The van der Waals surface area contributed by atoms with Gasteiger partial charge >= 0.3 is 0 Å². The number of carbonyl (C=O) groups is 1. The van der Waals surface area contributed by atoms with Crippen molar-refractivity contribution in [1.82, 2.24) is 20.5 Å². The van der Waals surface area contributed by atoms with E-state index in [1.807, 2.05) is 13.8 Å². The summed E-state index contributed by atoms with van der Waals surface area (Å²) in [6.45, 7) is 4.56. The van der Waals surface area contributed by atoms with Crippen molar-refractivity contribution in [1.29, 1.82) is 0 Å². The lowest BCUT2D eigenvalue weighted by molar-refractivity contribution is 0.0976. The van der Waals surface area contributed by atoms with Crippen LogP contribution in [0.5, 0.6) is 5.88 Å². The van der Waals surface area contributed by atoms with Crippen LogP contribution in [-0.4, -0.2) is 40.7 Å². The second-order valence-corrected chi connectivity index (χ2v) is 6.93. The number of ether oxygens (including phenoxy) is 1. The number of aromatic nitrogens is 3. The Balaban J connectivity index is 1.74. The zero-order valence-corrected chi connectivity index (χ0v) is 16.9. The molecule has 1 aromatic carbocycles. The van der Waals surface area contributed by atoms with Crippen LogP contribution in [0.3, 0.4) is 0 Å². The first kappa shape index (κ1) is 21.0. The van der Waals surface area contributed by atoms with E-state index in [0.29, 0.717) is 35.4 Å². The average molecular weight is 410 g/mol. The predicted molar refractivity (Wildman–Crippen MR) is 113 cm³/mol. The number of carbonyl (C=O) groups excluding carboxylic acids is 1. The van der Waals surface area contributed by atoms with Gasteiger partial charge in [-0.1, -0.05) is 13.8 Å².